The van der Waals surface area contributed by atoms with E-state index in [1.165, 1.54) is 4.23 Å². The third-order valence-corrected chi connectivity index (χ3v) is 0.711. The number of hydrogen-bond donors (Lipinski definition) is 1. The van der Waals surface area contributed by atoms with Gasteiger partial charge >= 0.3 is 41.5 Å². The van der Waals surface area contributed by atoms with Gasteiger partial charge in [-0.25, -0.2) is 0 Å². The third kappa shape index (κ3) is 48.6. The third-order valence-electron chi connectivity index (χ3n) is 0.362. The molecule has 0 saturated carbocycles. The van der Waals surface area contributed by atoms with Gasteiger partial charge in [-0.15, -0.1) is 0 Å². The van der Waals surface area contributed by atoms with Crippen LogP contribution in [0.2, 0.25) is 0 Å². The van der Waals surface area contributed by atoms with Gasteiger partial charge < -0.3 is 9.90 Å². The average Bonchev–Trinajstić information content (AvgIpc) is 1.69. The minimum Gasteiger partial charge on any atom is 0 e. The first kappa shape index (κ1) is 16.5. The second-order valence-electron chi connectivity index (χ2n) is 1.08. The van der Waals surface area contributed by atoms with Crippen molar-refractivity contribution < 1.29 is 59.6 Å². The van der Waals surface area contributed by atoms with E-state index in [2.05, 4.69) is 23.9 Å². The molecule has 0 amide bonds. The van der Waals surface area contributed by atoms with Crippen LogP contribution in [0, 0.1) is 6.92 Å². The fraction of sp³-hybridized carbons (Fsp3) is 0.400. The van der Waals surface area contributed by atoms with Gasteiger partial charge in [-0.3, -0.25) is 0 Å². The van der Waals surface area contributed by atoms with Crippen LogP contribution in [0.25, 0.3) is 0 Å². The summed E-state index contributed by atoms with van der Waals surface area (Å²) in [6.45, 7) is 6.18. The molecule has 0 aliphatic rings. The molecule has 0 unspecified atom stereocenters. The summed E-state index contributed by atoms with van der Waals surface area (Å²) in [6.07, 6.45) is 0.944. The van der Waals surface area contributed by atoms with Gasteiger partial charge in [0.15, 0.2) is 0 Å². The molecule has 1 radical (unpaired) electrons. The number of rotatable bonds is 1. The molecule has 0 saturated heterocycles. The van der Waals surface area contributed by atoms with Gasteiger partial charge in [0.25, 0.3) is 0 Å². The first-order valence-electron chi connectivity index (χ1n) is 2.00. The first-order valence-corrected chi connectivity index (χ1v) is 2.70. The summed E-state index contributed by atoms with van der Waals surface area (Å²) in [4.78, 5) is 8.24. The molecule has 1 N–H and O–H groups in total. The van der Waals surface area contributed by atoms with E-state index in [1.54, 1.807) is 0 Å². The van der Waals surface area contributed by atoms with Crippen LogP contribution in [0.5, 0.6) is 0 Å². The summed E-state index contributed by atoms with van der Waals surface area (Å²) in [5.41, 5.74) is 0. The molecule has 0 aromatic carbocycles. The van der Waals surface area contributed by atoms with Crippen LogP contribution < -0.4 is 0 Å². The SMILES string of the molecule is O=[C-]O.[CH2-]C[C](C)=[V].[Y]. The molecule has 0 spiro atoms. The van der Waals surface area contributed by atoms with Crippen molar-refractivity contribution in [3.05, 3.63) is 6.92 Å². The van der Waals surface area contributed by atoms with Crippen molar-refractivity contribution in [1.29, 1.82) is 0 Å². The second-order valence-corrected chi connectivity index (χ2v) is 2.27. The van der Waals surface area contributed by atoms with E-state index in [-0.39, 0.29) is 32.7 Å². The van der Waals surface area contributed by atoms with Crippen LogP contribution >= 0.6 is 0 Å². The van der Waals surface area contributed by atoms with E-state index in [9.17, 15) is 0 Å². The van der Waals surface area contributed by atoms with E-state index >= 15 is 0 Å². The van der Waals surface area contributed by atoms with Crippen molar-refractivity contribution in [2.24, 2.45) is 0 Å². The normalized spacial score (nSPS) is 5.44. The molecular formula is C5H8O2VY-2. The van der Waals surface area contributed by atoms with E-state index in [4.69, 9.17) is 9.90 Å². The van der Waals surface area contributed by atoms with Crippen LogP contribution in [0.15, 0.2) is 0 Å². The summed E-state index contributed by atoms with van der Waals surface area (Å²) in [6, 6.07) is 0. The predicted octanol–water partition coefficient (Wildman–Crippen LogP) is 0.559. The Morgan fingerprint density at radius 3 is 2.00 bits per heavy atom. The molecule has 4 heteroatoms. The Hall–Kier alpha value is 1.03. The molecule has 0 rings (SSSR count). The zero-order valence-corrected chi connectivity index (χ0v) is 9.53. The number of hydrogen-bond acceptors (Lipinski definition) is 1. The Bertz CT molecular complexity index is 75.4. The smallest absolute Gasteiger partial charge is 0 e. The molecule has 0 aliphatic carbocycles. The van der Waals surface area contributed by atoms with Crippen molar-refractivity contribution in [2.75, 3.05) is 0 Å². The average molecular weight is 240 g/mol. The maximum absolute atomic E-state index is 8.24. The minimum atomic E-state index is 0. The summed E-state index contributed by atoms with van der Waals surface area (Å²) in [7, 11) is 0. The molecular weight excluding hydrogens is 232 g/mol. The fourth-order valence-electron chi connectivity index (χ4n) is 0. The van der Waals surface area contributed by atoms with Crippen molar-refractivity contribution in [3.63, 3.8) is 0 Å². The van der Waals surface area contributed by atoms with Gasteiger partial charge in [-0.1, -0.05) is 6.47 Å². The first-order chi connectivity index (χ1) is 3.68. The van der Waals surface area contributed by atoms with Gasteiger partial charge in [0.1, 0.15) is 0 Å². The largest absolute Gasteiger partial charge is 0 e. The maximum atomic E-state index is 8.24. The van der Waals surface area contributed by atoms with Crippen molar-refractivity contribution in [2.45, 2.75) is 13.3 Å². The molecule has 0 fully saturated rings. The molecule has 9 heavy (non-hydrogen) atoms. The molecule has 0 bridgehead atoms. The molecule has 0 heterocycles. The summed E-state index contributed by atoms with van der Waals surface area (Å²) >= 11 is 2.46. The molecule has 0 atom stereocenters. The monoisotopic (exact) mass is 240 g/mol. The van der Waals surface area contributed by atoms with E-state index in [1.807, 2.05) is 6.92 Å². The number of aliphatic hydroxyl groups excluding tert-OH is 1. The standard InChI is InChI=1S/C4H7.CHO2.V.Y/c1-3-4-2;2-1-3;;/h1,3H2,2H3;(H,2,3);;/q2*-1;;. The Labute approximate surface area is 89.8 Å². The molecule has 0 aromatic heterocycles. The van der Waals surface area contributed by atoms with Crippen molar-refractivity contribution >= 4 is 10.7 Å². The zero-order chi connectivity index (χ0) is 6.99. The molecule has 0 aromatic rings. The van der Waals surface area contributed by atoms with Crippen molar-refractivity contribution in [3.8, 4) is 0 Å². The Balaban J connectivity index is -0.0000000800. The zero-order valence-electron chi connectivity index (χ0n) is 5.29. The topological polar surface area (TPSA) is 37.3 Å². The van der Waals surface area contributed by atoms with Crippen LogP contribution in [0.3, 0.4) is 0 Å². The van der Waals surface area contributed by atoms with Crippen LogP contribution in [0.1, 0.15) is 13.3 Å². The second kappa shape index (κ2) is 16.0. The van der Waals surface area contributed by atoms with Crippen LogP contribution in [-0.2, 0) is 54.5 Å². The molecule has 50 valence electrons. The summed E-state index contributed by atoms with van der Waals surface area (Å²) < 4.78 is 1.33. The van der Waals surface area contributed by atoms with Gasteiger partial charge in [-0.2, -0.15) is 0 Å². The fourth-order valence-corrected chi connectivity index (χ4v) is 0. The van der Waals surface area contributed by atoms with Gasteiger partial charge in [0.2, 0.25) is 0 Å². The quantitative estimate of drug-likeness (QED) is 0.680. The maximum Gasteiger partial charge on any atom is 0 e. The Kier molecular flexibility index (Phi) is 29.4. The van der Waals surface area contributed by atoms with Crippen LogP contribution in [-0.4, -0.2) is 15.8 Å². The van der Waals surface area contributed by atoms with Crippen LogP contribution in [0.4, 0.5) is 0 Å². The predicted molar refractivity (Wildman–Crippen MR) is 29.0 cm³/mol. The summed E-state index contributed by atoms with van der Waals surface area (Å²) in [5, 5.41) is 6.76. The van der Waals surface area contributed by atoms with E-state index < -0.39 is 0 Å². The van der Waals surface area contributed by atoms with Gasteiger partial charge in [-0.05, 0) is 0 Å². The van der Waals surface area contributed by atoms with Gasteiger partial charge in [0.05, 0.1) is 0 Å². The minimum absolute atomic E-state index is 0. The summed E-state index contributed by atoms with van der Waals surface area (Å²) in [5.74, 6) is 0. The molecule has 0 aliphatic heterocycles. The van der Waals surface area contributed by atoms with Crippen molar-refractivity contribution in [1.82, 2.24) is 0 Å². The van der Waals surface area contributed by atoms with Gasteiger partial charge in [0, 0.05) is 32.7 Å². The molecule has 2 nitrogen and oxygen atoms in total. The Morgan fingerprint density at radius 1 is 1.89 bits per heavy atom. The Morgan fingerprint density at radius 2 is 2.00 bits per heavy atom. The van der Waals surface area contributed by atoms with E-state index in [0.717, 1.165) is 6.42 Å². The van der Waals surface area contributed by atoms with E-state index in [0.29, 0.717) is 6.47 Å².